The summed E-state index contributed by atoms with van der Waals surface area (Å²) >= 11 is 1.60. The highest BCUT2D eigenvalue weighted by Crippen LogP contribution is 2.30. The average Bonchev–Trinajstić information content (AvgIpc) is 3.00. The van der Waals surface area contributed by atoms with Gasteiger partial charge in [0.1, 0.15) is 12.3 Å². The van der Waals surface area contributed by atoms with Gasteiger partial charge in [-0.15, -0.1) is 0 Å². The van der Waals surface area contributed by atoms with E-state index < -0.39 is 0 Å². The van der Waals surface area contributed by atoms with Crippen LogP contribution in [0.3, 0.4) is 0 Å². The van der Waals surface area contributed by atoms with Crippen LogP contribution in [0, 0.1) is 0 Å². The number of amides is 2. The topological polar surface area (TPSA) is 49.9 Å². The normalized spacial score (nSPS) is 14.0. The summed E-state index contributed by atoms with van der Waals surface area (Å²) < 4.78 is 5.59. The molecule has 5 nitrogen and oxygen atoms in total. The fourth-order valence-electron chi connectivity index (χ4n) is 2.49. The predicted octanol–water partition coefficient (Wildman–Crippen LogP) is 2.52. The van der Waals surface area contributed by atoms with E-state index in [0.717, 1.165) is 5.56 Å². The number of fused-ring (bicyclic) bond motifs is 1. The number of benzene rings is 1. The fraction of sp³-hybridized carbons (Fsp3) is 0.294. The standard InChI is InChI=1S/C17H18N2O3S/c1-18(10-13-7-9-23-12-13)17(21)11-19-14-4-2-3-5-15(14)22-8-6-16(19)20/h2-5,7,9,12H,6,8,10-11H2,1H3. The van der Waals surface area contributed by atoms with Gasteiger partial charge in [-0.05, 0) is 34.5 Å². The van der Waals surface area contributed by atoms with Gasteiger partial charge in [0.25, 0.3) is 0 Å². The maximum atomic E-state index is 12.5. The molecule has 0 fully saturated rings. The molecular formula is C17H18N2O3S. The molecule has 1 aliphatic rings. The number of ether oxygens (including phenoxy) is 1. The summed E-state index contributed by atoms with van der Waals surface area (Å²) in [6, 6.07) is 9.32. The second-order valence-electron chi connectivity index (χ2n) is 5.43. The summed E-state index contributed by atoms with van der Waals surface area (Å²) in [5.74, 6) is 0.458. The lowest BCUT2D eigenvalue weighted by atomic mass is 10.2. The highest BCUT2D eigenvalue weighted by atomic mass is 32.1. The zero-order valence-corrected chi connectivity index (χ0v) is 13.7. The molecule has 2 aromatic rings. The lowest BCUT2D eigenvalue weighted by Gasteiger charge is -2.24. The van der Waals surface area contributed by atoms with Gasteiger partial charge in [0, 0.05) is 13.6 Å². The lowest BCUT2D eigenvalue weighted by Crippen LogP contribution is -2.41. The van der Waals surface area contributed by atoms with Gasteiger partial charge in [-0.3, -0.25) is 14.5 Å². The van der Waals surface area contributed by atoms with E-state index in [2.05, 4.69) is 0 Å². The first-order valence-corrected chi connectivity index (χ1v) is 8.36. The molecule has 2 heterocycles. The third-order valence-corrected chi connectivity index (χ3v) is 4.48. The number of likely N-dealkylation sites (N-methyl/N-ethyl adjacent to an activating group) is 1. The lowest BCUT2D eigenvalue weighted by molar-refractivity contribution is -0.130. The van der Waals surface area contributed by atoms with Crippen LogP contribution in [0.4, 0.5) is 5.69 Å². The Morgan fingerprint density at radius 3 is 2.96 bits per heavy atom. The van der Waals surface area contributed by atoms with Crippen molar-refractivity contribution in [1.82, 2.24) is 4.90 Å². The number of hydrogen-bond acceptors (Lipinski definition) is 4. The molecule has 23 heavy (non-hydrogen) atoms. The maximum Gasteiger partial charge on any atom is 0.242 e. The first-order chi connectivity index (χ1) is 11.1. The third kappa shape index (κ3) is 3.53. The molecule has 1 aromatic carbocycles. The zero-order chi connectivity index (χ0) is 16.2. The number of rotatable bonds is 4. The van der Waals surface area contributed by atoms with Crippen molar-refractivity contribution in [2.75, 3.05) is 25.1 Å². The Bertz CT molecular complexity index is 700. The first-order valence-electron chi connectivity index (χ1n) is 7.42. The third-order valence-electron chi connectivity index (χ3n) is 3.75. The molecule has 0 aliphatic carbocycles. The Labute approximate surface area is 139 Å². The molecular weight excluding hydrogens is 312 g/mol. The molecule has 1 aliphatic heterocycles. The van der Waals surface area contributed by atoms with Crippen molar-refractivity contribution in [2.45, 2.75) is 13.0 Å². The number of carbonyl (C=O) groups is 2. The summed E-state index contributed by atoms with van der Waals surface area (Å²) in [6.07, 6.45) is 0.274. The van der Waals surface area contributed by atoms with Gasteiger partial charge < -0.3 is 9.64 Å². The summed E-state index contributed by atoms with van der Waals surface area (Å²) in [7, 11) is 1.75. The van der Waals surface area contributed by atoms with Crippen LogP contribution >= 0.6 is 11.3 Å². The van der Waals surface area contributed by atoms with Gasteiger partial charge in [-0.1, -0.05) is 12.1 Å². The van der Waals surface area contributed by atoms with E-state index in [1.807, 2.05) is 41.1 Å². The molecule has 3 rings (SSSR count). The van der Waals surface area contributed by atoms with Crippen LogP contribution < -0.4 is 9.64 Å². The molecule has 0 saturated carbocycles. The number of carbonyl (C=O) groups excluding carboxylic acids is 2. The summed E-state index contributed by atoms with van der Waals surface area (Å²) in [5.41, 5.74) is 1.75. The second kappa shape index (κ2) is 6.83. The fourth-order valence-corrected chi connectivity index (χ4v) is 3.15. The summed E-state index contributed by atoms with van der Waals surface area (Å²) in [4.78, 5) is 28.0. The number of hydrogen-bond donors (Lipinski definition) is 0. The molecule has 0 spiro atoms. The van der Waals surface area contributed by atoms with Gasteiger partial charge in [-0.25, -0.2) is 0 Å². The SMILES string of the molecule is CN(Cc1ccsc1)C(=O)CN1C(=O)CCOc2ccccc21. The van der Waals surface area contributed by atoms with Crippen molar-refractivity contribution < 1.29 is 14.3 Å². The van der Waals surface area contributed by atoms with Crippen molar-refractivity contribution in [3.63, 3.8) is 0 Å². The first kappa shape index (κ1) is 15.6. The Morgan fingerprint density at radius 2 is 2.17 bits per heavy atom. The number of para-hydroxylation sites is 2. The van der Waals surface area contributed by atoms with Crippen molar-refractivity contribution >= 4 is 28.8 Å². The molecule has 0 atom stereocenters. The van der Waals surface area contributed by atoms with E-state index in [-0.39, 0.29) is 24.8 Å². The predicted molar refractivity (Wildman–Crippen MR) is 89.7 cm³/mol. The average molecular weight is 330 g/mol. The van der Waals surface area contributed by atoms with Gasteiger partial charge in [-0.2, -0.15) is 11.3 Å². The minimum atomic E-state index is -0.0961. The Kier molecular flexibility index (Phi) is 4.62. The summed E-state index contributed by atoms with van der Waals surface area (Å²) in [6.45, 7) is 0.910. The van der Waals surface area contributed by atoms with Gasteiger partial charge in [0.15, 0.2) is 0 Å². The number of thiophene rings is 1. The van der Waals surface area contributed by atoms with Gasteiger partial charge in [0.2, 0.25) is 11.8 Å². The summed E-state index contributed by atoms with van der Waals surface area (Å²) in [5, 5.41) is 4.00. The van der Waals surface area contributed by atoms with Crippen LogP contribution in [0.5, 0.6) is 5.75 Å². The van der Waals surface area contributed by atoms with Crippen LogP contribution in [0.1, 0.15) is 12.0 Å². The maximum absolute atomic E-state index is 12.5. The van der Waals surface area contributed by atoms with E-state index in [0.29, 0.717) is 24.6 Å². The van der Waals surface area contributed by atoms with Crippen LogP contribution in [-0.2, 0) is 16.1 Å². The highest BCUT2D eigenvalue weighted by molar-refractivity contribution is 7.07. The van der Waals surface area contributed by atoms with Crippen molar-refractivity contribution in [3.8, 4) is 5.75 Å². The molecule has 1 aromatic heterocycles. The van der Waals surface area contributed by atoms with Gasteiger partial charge in [0.05, 0.1) is 18.7 Å². The Morgan fingerprint density at radius 1 is 1.35 bits per heavy atom. The van der Waals surface area contributed by atoms with Crippen molar-refractivity contribution in [3.05, 3.63) is 46.7 Å². The van der Waals surface area contributed by atoms with E-state index >= 15 is 0 Å². The molecule has 0 bridgehead atoms. The number of anilines is 1. The minimum Gasteiger partial charge on any atom is -0.491 e. The van der Waals surface area contributed by atoms with Crippen molar-refractivity contribution in [1.29, 1.82) is 0 Å². The highest BCUT2D eigenvalue weighted by Gasteiger charge is 2.26. The van der Waals surface area contributed by atoms with Crippen molar-refractivity contribution in [2.24, 2.45) is 0 Å². The van der Waals surface area contributed by atoms with E-state index in [1.54, 1.807) is 23.3 Å². The van der Waals surface area contributed by atoms with E-state index in [1.165, 1.54) is 4.90 Å². The Balaban J connectivity index is 1.75. The quantitative estimate of drug-likeness (QED) is 0.865. The molecule has 2 amide bonds. The molecule has 0 radical (unpaired) electrons. The van der Waals surface area contributed by atoms with Crippen LogP contribution in [0.2, 0.25) is 0 Å². The molecule has 0 N–H and O–H groups in total. The second-order valence-corrected chi connectivity index (χ2v) is 6.21. The smallest absolute Gasteiger partial charge is 0.242 e. The van der Waals surface area contributed by atoms with E-state index in [4.69, 9.17) is 4.74 Å². The number of nitrogens with zero attached hydrogens (tertiary/aromatic N) is 2. The minimum absolute atomic E-state index is 0.0276. The Hall–Kier alpha value is -2.34. The van der Waals surface area contributed by atoms with Crippen LogP contribution in [0.15, 0.2) is 41.1 Å². The molecule has 0 saturated heterocycles. The monoisotopic (exact) mass is 330 g/mol. The van der Waals surface area contributed by atoms with Crippen LogP contribution in [-0.4, -0.2) is 36.9 Å². The largest absolute Gasteiger partial charge is 0.491 e. The molecule has 120 valence electrons. The molecule has 0 unspecified atom stereocenters. The van der Waals surface area contributed by atoms with Crippen LogP contribution in [0.25, 0.3) is 0 Å². The van der Waals surface area contributed by atoms with Gasteiger partial charge >= 0.3 is 0 Å². The zero-order valence-electron chi connectivity index (χ0n) is 12.9. The van der Waals surface area contributed by atoms with E-state index in [9.17, 15) is 9.59 Å². The molecule has 6 heteroatoms.